The van der Waals surface area contributed by atoms with Gasteiger partial charge in [0.1, 0.15) is 26.4 Å². The third-order valence-corrected chi connectivity index (χ3v) is 7.08. The first-order valence-corrected chi connectivity index (χ1v) is 14.7. The van der Waals surface area contributed by atoms with E-state index in [1.807, 2.05) is 60.7 Å². The highest BCUT2D eigenvalue weighted by molar-refractivity contribution is 5.69. The number of carbonyl (C=O) groups excluding carboxylic acids is 4. The van der Waals surface area contributed by atoms with E-state index in [1.165, 1.54) is 0 Å². The fourth-order valence-electron chi connectivity index (χ4n) is 5.60. The van der Waals surface area contributed by atoms with Crippen LogP contribution in [0, 0.1) is 10.8 Å². The van der Waals surface area contributed by atoms with E-state index in [2.05, 4.69) is 42.0 Å². The van der Waals surface area contributed by atoms with Crippen molar-refractivity contribution in [3.63, 3.8) is 0 Å². The van der Waals surface area contributed by atoms with Crippen LogP contribution in [0.1, 0.15) is 51.2 Å². The third-order valence-electron chi connectivity index (χ3n) is 7.08. The zero-order chi connectivity index (χ0) is 31.8. The standard InChI is InChI=1S/C32H44N4O8/c1-31(2)18-26(36-30(40)44-17-16-42-28(38)34-21-25-12-8-5-9-13-25)19-32(3,22-31)23-35-29(39)43-15-14-41-27(37)33-20-24-10-6-4-7-11-24/h4-13,26H,14-23H2,1-3H3,(H,33,37)(H,34,38)(H,35,39)(H,36,40). The van der Waals surface area contributed by atoms with E-state index in [9.17, 15) is 19.2 Å². The minimum absolute atomic E-state index is 0.0721. The van der Waals surface area contributed by atoms with Gasteiger partial charge in [-0.15, -0.1) is 0 Å². The van der Waals surface area contributed by atoms with E-state index >= 15 is 0 Å². The Bertz CT molecular complexity index is 1210. The lowest BCUT2D eigenvalue weighted by atomic mass is 9.62. The Balaban J connectivity index is 1.29. The van der Waals surface area contributed by atoms with Crippen LogP contribution in [0.15, 0.2) is 60.7 Å². The Labute approximate surface area is 258 Å². The Kier molecular flexibility index (Phi) is 13.1. The van der Waals surface area contributed by atoms with E-state index in [1.54, 1.807) is 0 Å². The molecule has 0 bridgehead atoms. The van der Waals surface area contributed by atoms with Crippen molar-refractivity contribution >= 4 is 24.4 Å². The Morgan fingerprint density at radius 1 is 0.636 bits per heavy atom. The molecule has 3 rings (SSSR count). The molecule has 4 N–H and O–H groups in total. The van der Waals surface area contributed by atoms with Crippen molar-refractivity contribution in [2.45, 2.75) is 59.2 Å². The van der Waals surface area contributed by atoms with Crippen LogP contribution in [0.4, 0.5) is 19.2 Å². The van der Waals surface area contributed by atoms with E-state index < -0.39 is 24.4 Å². The molecule has 0 aromatic heterocycles. The number of hydrogen-bond acceptors (Lipinski definition) is 8. The highest BCUT2D eigenvalue weighted by atomic mass is 16.6. The van der Waals surface area contributed by atoms with Crippen molar-refractivity contribution in [2.75, 3.05) is 33.0 Å². The lowest BCUT2D eigenvalue weighted by Gasteiger charge is -2.46. The fraction of sp³-hybridized carbons (Fsp3) is 0.500. The summed E-state index contributed by atoms with van der Waals surface area (Å²) in [6.07, 6.45) is -0.208. The maximum atomic E-state index is 12.4. The molecule has 2 aromatic carbocycles. The van der Waals surface area contributed by atoms with E-state index in [0.717, 1.165) is 24.0 Å². The molecule has 0 heterocycles. The average Bonchev–Trinajstić information content (AvgIpc) is 2.98. The Hall–Kier alpha value is -4.48. The quantitative estimate of drug-likeness (QED) is 0.185. The molecule has 2 atom stereocenters. The predicted octanol–water partition coefficient (Wildman–Crippen LogP) is 4.88. The predicted molar refractivity (Wildman–Crippen MR) is 163 cm³/mol. The van der Waals surface area contributed by atoms with Gasteiger partial charge < -0.3 is 40.2 Å². The van der Waals surface area contributed by atoms with Crippen LogP contribution in [0.3, 0.4) is 0 Å². The molecule has 12 nitrogen and oxygen atoms in total. The van der Waals surface area contributed by atoms with Crippen LogP contribution in [0.2, 0.25) is 0 Å². The van der Waals surface area contributed by atoms with Crippen molar-refractivity contribution in [3.8, 4) is 0 Å². The molecule has 0 radical (unpaired) electrons. The van der Waals surface area contributed by atoms with Gasteiger partial charge in [0.25, 0.3) is 0 Å². The lowest BCUT2D eigenvalue weighted by Crippen LogP contribution is -2.50. The number of alkyl carbamates (subject to hydrolysis) is 4. The second kappa shape index (κ2) is 17.0. The summed E-state index contributed by atoms with van der Waals surface area (Å²) in [7, 11) is 0. The minimum atomic E-state index is -0.611. The Morgan fingerprint density at radius 2 is 1.07 bits per heavy atom. The van der Waals surface area contributed by atoms with Crippen LogP contribution in [-0.4, -0.2) is 63.4 Å². The number of ether oxygens (including phenoxy) is 4. The highest BCUT2D eigenvalue weighted by Crippen LogP contribution is 2.45. The van der Waals surface area contributed by atoms with Crippen LogP contribution in [0.25, 0.3) is 0 Å². The molecule has 0 aliphatic heterocycles. The largest absolute Gasteiger partial charge is 0.446 e. The number of carbonyl (C=O) groups is 4. The van der Waals surface area contributed by atoms with Crippen LogP contribution in [0.5, 0.6) is 0 Å². The molecule has 1 aliphatic rings. The summed E-state index contributed by atoms with van der Waals surface area (Å²) in [6, 6.07) is 18.7. The number of amides is 4. The molecule has 240 valence electrons. The maximum Gasteiger partial charge on any atom is 0.407 e. The van der Waals surface area contributed by atoms with Gasteiger partial charge >= 0.3 is 24.4 Å². The SMILES string of the molecule is CC1(C)CC(NC(=O)OCCOC(=O)NCc2ccccc2)CC(C)(CNC(=O)OCCOC(=O)NCc2ccccc2)C1. The molecular formula is C32H44N4O8. The summed E-state index contributed by atoms with van der Waals surface area (Å²) >= 11 is 0. The van der Waals surface area contributed by atoms with Gasteiger partial charge in [-0.1, -0.05) is 81.4 Å². The van der Waals surface area contributed by atoms with E-state index in [0.29, 0.717) is 26.1 Å². The number of benzene rings is 2. The second-order valence-electron chi connectivity index (χ2n) is 12.0. The second-order valence-corrected chi connectivity index (χ2v) is 12.0. The Morgan fingerprint density at radius 3 is 1.55 bits per heavy atom. The molecule has 4 amide bonds. The molecule has 0 saturated heterocycles. The van der Waals surface area contributed by atoms with Gasteiger partial charge in [0.2, 0.25) is 0 Å². The summed E-state index contributed by atoms with van der Waals surface area (Å²) in [5.41, 5.74) is 1.48. The monoisotopic (exact) mass is 612 g/mol. The topological polar surface area (TPSA) is 153 Å². The third kappa shape index (κ3) is 13.2. The van der Waals surface area contributed by atoms with Gasteiger partial charge in [0.15, 0.2) is 0 Å². The molecule has 12 heteroatoms. The summed E-state index contributed by atoms with van der Waals surface area (Å²) < 4.78 is 20.5. The molecule has 1 saturated carbocycles. The first-order chi connectivity index (χ1) is 21.0. The molecular weight excluding hydrogens is 568 g/mol. The maximum absolute atomic E-state index is 12.4. The molecule has 2 aromatic rings. The van der Waals surface area contributed by atoms with Crippen molar-refractivity contribution in [1.82, 2.24) is 21.3 Å². The summed E-state index contributed by atoms with van der Waals surface area (Å²) in [6.45, 7) is 7.00. The van der Waals surface area contributed by atoms with Crippen LogP contribution < -0.4 is 21.3 Å². The van der Waals surface area contributed by atoms with Gasteiger partial charge in [-0.05, 0) is 41.2 Å². The van der Waals surface area contributed by atoms with Crippen LogP contribution in [-0.2, 0) is 32.0 Å². The highest BCUT2D eigenvalue weighted by Gasteiger charge is 2.42. The van der Waals surface area contributed by atoms with Gasteiger partial charge in [-0.3, -0.25) is 0 Å². The first-order valence-electron chi connectivity index (χ1n) is 14.7. The molecule has 0 spiro atoms. The van der Waals surface area contributed by atoms with Gasteiger partial charge in [0.05, 0.1) is 0 Å². The molecule has 44 heavy (non-hydrogen) atoms. The van der Waals surface area contributed by atoms with Gasteiger partial charge in [-0.2, -0.15) is 0 Å². The number of nitrogens with one attached hydrogen (secondary N) is 4. The average molecular weight is 613 g/mol. The number of hydrogen-bond donors (Lipinski definition) is 4. The zero-order valence-corrected chi connectivity index (χ0v) is 25.7. The van der Waals surface area contributed by atoms with E-state index in [4.69, 9.17) is 18.9 Å². The first kappa shape index (κ1) is 34.0. The van der Waals surface area contributed by atoms with Crippen molar-refractivity contribution in [2.24, 2.45) is 10.8 Å². The van der Waals surface area contributed by atoms with Crippen molar-refractivity contribution < 1.29 is 38.1 Å². The van der Waals surface area contributed by atoms with E-state index in [-0.39, 0.29) is 43.3 Å². The minimum Gasteiger partial charge on any atom is -0.446 e. The smallest absolute Gasteiger partial charge is 0.407 e. The molecule has 1 aliphatic carbocycles. The lowest BCUT2D eigenvalue weighted by molar-refractivity contribution is 0.0562. The van der Waals surface area contributed by atoms with Crippen LogP contribution >= 0.6 is 0 Å². The summed E-state index contributed by atoms with van der Waals surface area (Å²) in [4.78, 5) is 48.4. The summed E-state index contributed by atoms with van der Waals surface area (Å²) in [5, 5.41) is 11.0. The normalized spacial score (nSPS) is 18.7. The molecule has 2 unspecified atom stereocenters. The molecule has 1 fully saturated rings. The van der Waals surface area contributed by atoms with Crippen molar-refractivity contribution in [1.29, 1.82) is 0 Å². The zero-order valence-electron chi connectivity index (χ0n) is 25.7. The summed E-state index contributed by atoms with van der Waals surface area (Å²) in [5.74, 6) is 0. The van der Waals surface area contributed by atoms with Gasteiger partial charge in [0, 0.05) is 25.7 Å². The van der Waals surface area contributed by atoms with Crippen molar-refractivity contribution in [3.05, 3.63) is 71.8 Å². The fourth-order valence-corrected chi connectivity index (χ4v) is 5.60. The number of rotatable bonds is 13. The van der Waals surface area contributed by atoms with Gasteiger partial charge in [-0.25, -0.2) is 19.2 Å².